The number of para-hydroxylation sites is 1. The number of nitrogens with one attached hydrogen (secondary N) is 2. The van der Waals surface area contributed by atoms with Crippen LogP contribution in [0.25, 0.3) is 10.9 Å². The number of fused-ring (bicyclic) bond motifs is 1. The standard InChI is InChI=1S/C15H17N3O/c19-15(14-7-3-4-8-16-14)18-12-9-11-5-1-2-6-13(11)17-10-12/h1-2,5-6,9-10,14,16H,3-4,7-8H2,(H,18,19). The minimum atomic E-state index is -0.0692. The van der Waals surface area contributed by atoms with Gasteiger partial charge in [0.25, 0.3) is 0 Å². The molecular weight excluding hydrogens is 238 g/mol. The average Bonchev–Trinajstić information content (AvgIpc) is 2.48. The molecule has 1 aliphatic heterocycles. The first-order valence-electron chi connectivity index (χ1n) is 6.72. The lowest BCUT2D eigenvalue weighted by Crippen LogP contribution is -2.43. The Morgan fingerprint density at radius 3 is 3.05 bits per heavy atom. The minimum Gasteiger partial charge on any atom is -0.323 e. The highest BCUT2D eigenvalue weighted by molar-refractivity contribution is 5.96. The number of rotatable bonds is 2. The number of nitrogens with zero attached hydrogens (tertiary/aromatic N) is 1. The Labute approximate surface area is 112 Å². The van der Waals surface area contributed by atoms with Crippen molar-refractivity contribution in [2.45, 2.75) is 25.3 Å². The van der Waals surface area contributed by atoms with Crippen molar-refractivity contribution in [3.63, 3.8) is 0 Å². The third kappa shape index (κ3) is 2.74. The minimum absolute atomic E-state index is 0.0387. The molecule has 1 aromatic heterocycles. The summed E-state index contributed by atoms with van der Waals surface area (Å²) < 4.78 is 0. The smallest absolute Gasteiger partial charge is 0.241 e. The molecule has 4 nitrogen and oxygen atoms in total. The van der Waals surface area contributed by atoms with Gasteiger partial charge in [-0.1, -0.05) is 24.6 Å². The molecule has 4 heteroatoms. The van der Waals surface area contributed by atoms with Crippen molar-refractivity contribution >= 4 is 22.5 Å². The molecule has 1 unspecified atom stereocenters. The van der Waals surface area contributed by atoms with Gasteiger partial charge in [-0.25, -0.2) is 0 Å². The van der Waals surface area contributed by atoms with E-state index in [4.69, 9.17) is 0 Å². The highest BCUT2D eigenvalue weighted by Crippen LogP contribution is 2.17. The van der Waals surface area contributed by atoms with E-state index < -0.39 is 0 Å². The summed E-state index contributed by atoms with van der Waals surface area (Å²) >= 11 is 0. The lowest BCUT2D eigenvalue weighted by atomic mass is 10.0. The number of anilines is 1. The van der Waals surface area contributed by atoms with Crippen molar-refractivity contribution in [3.8, 4) is 0 Å². The normalized spacial score (nSPS) is 19.3. The maximum Gasteiger partial charge on any atom is 0.241 e. The van der Waals surface area contributed by atoms with E-state index >= 15 is 0 Å². The monoisotopic (exact) mass is 255 g/mol. The fourth-order valence-electron chi connectivity index (χ4n) is 2.44. The van der Waals surface area contributed by atoms with Crippen molar-refractivity contribution in [1.29, 1.82) is 0 Å². The van der Waals surface area contributed by atoms with Gasteiger partial charge in [0.15, 0.2) is 0 Å². The van der Waals surface area contributed by atoms with Crippen molar-refractivity contribution in [3.05, 3.63) is 36.5 Å². The lowest BCUT2D eigenvalue weighted by molar-refractivity contribution is -0.118. The molecule has 1 saturated heterocycles. The fourth-order valence-corrected chi connectivity index (χ4v) is 2.44. The second kappa shape index (κ2) is 5.36. The molecule has 0 saturated carbocycles. The molecule has 2 N–H and O–H groups in total. The van der Waals surface area contributed by atoms with Crippen LogP contribution in [0.4, 0.5) is 5.69 Å². The van der Waals surface area contributed by atoms with Gasteiger partial charge in [-0.3, -0.25) is 9.78 Å². The summed E-state index contributed by atoms with van der Waals surface area (Å²) in [5, 5.41) is 7.22. The van der Waals surface area contributed by atoms with Crippen LogP contribution >= 0.6 is 0 Å². The predicted molar refractivity (Wildman–Crippen MR) is 76.0 cm³/mol. The largest absolute Gasteiger partial charge is 0.323 e. The molecule has 2 heterocycles. The molecule has 1 amide bonds. The Balaban J connectivity index is 1.75. The lowest BCUT2D eigenvalue weighted by Gasteiger charge is -2.22. The van der Waals surface area contributed by atoms with Crippen LogP contribution < -0.4 is 10.6 Å². The van der Waals surface area contributed by atoms with Gasteiger partial charge in [0.2, 0.25) is 5.91 Å². The maximum absolute atomic E-state index is 12.1. The van der Waals surface area contributed by atoms with Crippen molar-refractivity contribution in [1.82, 2.24) is 10.3 Å². The zero-order chi connectivity index (χ0) is 13.1. The molecular formula is C15H17N3O. The van der Waals surface area contributed by atoms with Crippen LogP contribution in [0.5, 0.6) is 0 Å². The number of hydrogen-bond donors (Lipinski definition) is 2. The van der Waals surface area contributed by atoms with Gasteiger partial charge in [-0.15, -0.1) is 0 Å². The molecule has 1 fully saturated rings. The Hall–Kier alpha value is -1.94. The molecule has 1 atom stereocenters. The maximum atomic E-state index is 12.1. The first-order chi connectivity index (χ1) is 9.33. The molecule has 0 bridgehead atoms. The molecule has 0 aliphatic carbocycles. The Kier molecular flexibility index (Phi) is 3.42. The summed E-state index contributed by atoms with van der Waals surface area (Å²) in [7, 11) is 0. The van der Waals surface area contributed by atoms with Crippen LogP contribution in [0, 0.1) is 0 Å². The summed E-state index contributed by atoms with van der Waals surface area (Å²) in [6.45, 7) is 0.925. The summed E-state index contributed by atoms with van der Waals surface area (Å²) in [6, 6.07) is 9.78. The molecule has 98 valence electrons. The summed E-state index contributed by atoms with van der Waals surface area (Å²) in [5.41, 5.74) is 1.70. The van der Waals surface area contributed by atoms with Crippen molar-refractivity contribution in [2.75, 3.05) is 11.9 Å². The number of aromatic nitrogens is 1. The first-order valence-corrected chi connectivity index (χ1v) is 6.72. The summed E-state index contributed by atoms with van der Waals surface area (Å²) in [4.78, 5) is 16.4. The topological polar surface area (TPSA) is 54.0 Å². The molecule has 2 aromatic rings. The number of hydrogen-bond acceptors (Lipinski definition) is 3. The van der Waals surface area contributed by atoms with Gasteiger partial charge < -0.3 is 10.6 Å². The number of pyridine rings is 1. The van der Waals surface area contributed by atoms with Gasteiger partial charge in [0.1, 0.15) is 0 Å². The number of benzene rings is 1. The first kappa shape index (κ1) is 12.1. The highest BCUT2D eigenvalue weighted by atomic mass is 16.2. The fraction of sp³-hybridized carbons (Fsp3) is 0.333. The molecule has 3 rings (SSSR count). The molecule has 1 aromatic carbocycles. The van der Waals surface area contributed by atoms with Crippen molar-refractivity contribution in [2.24, 2.45) is 0 Å². The highest BCUT2D eigenvalue weighted by Gasteiger charge is 2.20. The zero-order valence-corrected chi connectivity index (χ0v) is 10.7. The third-order valence-corrected chi connectivity index (χ3v) is 3.48. The van der Waals surface area contributed by atoms with Gasteiger partial charge in [0, 0.05) is 5.39 Å². The van der Waals surface area contributed by atoms with Gasteiger partial charge in [-0.2, -0.15) is 0 Å². The van der Waals surface area contributed by atoms with E-state index in [9.17, 15) is 4.79 Å². The Bertz CT molecular complexity index is 591. The zero-order valence-electron chi connectivity index (χ0n) is 10.7. The van der Waals surface area contributed by atoms with E-state index in [2.05, 4.69) is 15.6 Å². The van der Waals surface area contributed by atoms with Crippen molar-refractivity contribution < 1.29 is 4.79 Å². The number of carbonyl (C=O) groups excluding carboxylic acids is 1. The van der Waals surface area contributed by atoms with Gasteiger partial charge >= 0.3 is 0 Å². The second-order valence-electron chi connectivity index (χ2n) is 4.91. The number of piperidine rings is 1. The van der Waals surface area contributed by atoms with Gasteiger partial charge in [-0.05, 0) is 31.5 Å². The third-order valence-electron chi connectivity index (χ3n) is 3.48. The molecule has 19 heavy (non-hydrogen) atoms. The molecule has 1 aliphatic rings. The molecule has 0 radical (unpaired) electrons. The second-order valence-corrected chi connectivity index (χ2v) is 4.91. The van der Waals surface area contributed by atoms with E-state index in [0.717, 1.165) is 42.4 Å². The number of carbonyl (C=O) groups is 1. The van der Waals surface area contributed by atoms with E-state index in [0.29, 0.717) is 0 Å². The Morgan fingerprint density at radius 2 is 2.21 bits per heavy atom. The van der Waals surface area contributed by atoms with Crippen LogP contribution in [-0.4, -0.2) is 23.5 Å². The number of amides is 1. The molecule has 0 spiro atoms. The van der Waals surface area contributed by atoms with Gasteiger partial charge in [0.05, 0.1) is 23.4 Å². The SMILES string of the molecule is O=C(Nc1cnc2ccccc2c1)C1CCCCN1. The van der Waals surface area contributed by atoms with Crippen LogP contribution in [0.15, 0.2) is 36.5 Å². The average molecular weight is 255 g/mol. The van der Waals surface area contributed by atoms with Crippen LogP contribution in [0.1, 0.15) is 19.3 Å². The Morgan fingerprint density at radius 1 is 1.32 bits per heavy atom. The van der Waals surface area contributed by atoms with Crippen LogP contribution in [0.3, 0.4) is 0 Å². The quantitative estimate of drug-likeness (QED) is 0.866. The predicted octanol–water partition coefficient (Wildman–Crippen LogP) is 2.32. The van der Waals surface area contributed by atoms with E-state index in [-0.39, 0.29) is 11.9 Å². The van der Waals surface area contributed by atoms with E-state index in [1.807, 2.05) is 30.3 Å². The summed E-state index contributed by atoms with van der Waals surface area (Å²) in [5.74, 6) is 0.0387. The van der Waals surface area contributed by atoms with Crippen LogP contribution in [-0.2, 0) is 4.79 Å². The van der Waals surface area contributed by atoms with E-state index in [1.54, 1.807) is 6.20 Å². The van der Waals surface area contributed by atoms with E-state index in [1.165, 1.54) is 0 Å². The van der Waals surface area contributed by atoms with Crippen LogP contribution in [0.2, 0.25) is 0 Å². The summed E-state index contributed by atoms with van der Waals surface area (Å²) in [6.07, 6.45) is 4.89.